The van der Waals surface area contributed by atoms with Crippen LogP contribution in [0, 0.1) is 6.92 Å². The molecule has 0 saturated carbocycles. The minimum atomic E-state index is -0.521. The molecule has 2 N–H and O–H groups in total. The van der Waals surface area contributed by atoms with Gasteiger partial charge in [-0.15, -0.1) is 0 Å². The van der Waals surface area contributed by atoms with E-state index in [1.165, 1.54) is 6.26 Å². The number of hydrogen-bond acceptors (Lipinski definition) is 3. The van der Waals surface area contributed by atoms with Crippen molar-refractivity contribution in [2.24, 2.45) is 0 Å². The van der Waals surface area contributed by atoms with E-state index in [1.807, 2.05) is 25.1 Å². The Morgan fingerprint density at radius 2 is 2.11 bits per heavy atom. The number of carbonyl (C=O) groups excluding carboxylic acids is 1. The van der Waals surface area contributed by atoms with Crippen LogP contribution < -0.4 is 5.32 Å². The highest BCUT2D eigenvalue weighted by Crippen LogP contribution is 2.14. The predicted octanol–water partition coefficient (Wildman–Crippen LogP) is 2.05. The van der Waals surface area contributed by atoms with E-state index in [0.717, 1.165) is 5.56 Å². The van der Waals surface area contributed by atoms with Gasteiger partial charge in [0.05, 0.1) is 12.9 Å². The van der Waals surface area contributed by atoms with E-state index in [4.69, 9.17) is 4.42 Å². The maximum Gasteiger partial charge on any atom is 0.252 e. The quantitative estimate of drug-likeness (QED) is 0.866. The molecular weight excluding hydrogens is 230 g/mol. The van der Waals surface area contributed by atoms with Gasteiger partial charge < -0.3 is 14.8 Å². The van der Waals surface area contributed by atoms with E-state index in [1.54, 1.807) is 18.2 Å². The molecular formula is C14H15NO3. The molecule has 1 aromatic heterocycles. The van der Waals surface area contributed by atoms with Crippen molar-refractivity contribution in [3.8, 4) is 0 Å². The fourth-order valence-electron chi connectivity index (χ4n) is 1.76. The van der Waals surface area contributed by atoms with Crippen LogP contribution in [0.15, 0.2) is 47.1 Å². The Kier molecular flexibility index (Phi) is 3.79. The highest BCUT2D eigenvalue weighted by atomic mass is 16.3. The molecule has 1 heterocycles. The molecule has 0 aliphatic carbocycles. The molecule has 0 fully saturated rings. The largest absolute Gasteiger partial charge is 0.467 e. The molecule has 2 rings (SSSR count). The number of benzene rings is 1. The fourth-order valence-corrected chi connectivity index (χ4v) is 1.76. The SMILES string of the molecule is Cc1ccccc1C(=O)NC(CO)c1ccco1. The van der Waals surface area contributed by atoms with E-state index in [-0.39, 0.29) is 12.5 Å². The summed E-state index contributed by atoms with van der Waals surface area (Å²) < 4.78 is 5.18. The van der Waals surface area contributed by atoms with Crippen LogP contribution in [0.25, 0.3) is 0 Å². The lowest BCUT2D eigenvalue weighted by atomic mass is 10.1. The highest BCUT2D eigenvalue weighted by Gasteiger charge is 2.17. The Labute approximate surface area is 105 Å². The van der Waals surface area contributed by atoms with E-state index in [9.17, 15) is 9.90 Å². The molecule has 2 aromatic rings. The molecule has 18 heavy (non-hydrogen) atoms. The maximum atomic E-state index is 12.1. The van der Waals surface area contributed by atoms with Crippen LogP contribution in [0.2, 0.25) is 0 Å². The smallest absolute Gasteiger partial charge is 0.252 e. The Hall–Kier alpha value is -2.07. The van der Waals surface area contributed by atoms with Crippen molar-refractivity contribution in [3.63, 3.8) is 0 Å². The van der Waals surface area contributed by atoms with Gasteiger partial charge in [-0.25, -0.2) is 0 Å². The highest BCUT2D eigenvalue weighted by molar-refractivity contribution is 5.95. The molecule has 1 aromatic carbocycles. The number of rotatable bonds is 4. The zero-order valence-electron chi connectivity index (χ0n) is 10.1. The molecule has 0 radical (unpaired) electrons. The lowest BCUT2D eigenvalue weighted by molar-refractivity contribution is 0.0906. The van der Waals surface area contributed by atoms with Crippen LogP contribution in [0.4, 0.5) is 0 Å². The first-order chi connectivity index (χ1) is 8.72. The summed E-state index contributed by atoms with van der Waals surface area (Å²) in [5.41, 5.74) is 1.49. The third-order valence-electron chi connectivity index (χ3n) is 2.76. The average molecular weight is 245 g/mol. The van der Waals surface area contributed by atoms with Gasteiger partial charge in [-0.05, 0) is 30.7 Å². The summed E-state index contributed by atoms with van der Waals surface area (Å²) in [5, 5.41) is 12.0. The first-order valence-corrected chi connectivity index (χ1v) is 5.73. The van der Waals surface area contributed by atoms with Crippen molar-refractivity contribution < 1.29 is 14.3 Å². The minimum absolute atomic E-state index is 0.203. The number of nitrogens with one attached hydrogen (secondary N) is 1. The Morgan fingerprint density at radius 3 is 2.72 bits per heavy atom. The van der Waals surface area contributed by atoms with Crippen LogP contribution in [0.5, 0.6) is 0 Å². The molecule has 4 heteroatoms. The fraction of sp³-hybridized carbons (Fsp3) is 0.214. The van der Waals surface area contributed by atoms with Crippen LogP contribution in [-0.4, -0.2) is 17.6 Å². The lowest BCUT2D eigenvalue weighted by Gasteiger charge is -2.14. The molecule has 0 spiro atoms. The third kappa shape index (κ3) is 2.60. The standard InChI is InChI=1S/C14H15NO3/c1-10-5-2-3-6-11(10)14(17)15-12(9-16)13-7-4-8-18-13/h2-8,12,16H,9H2,1H3,(H,15,17). The van der Waals surface area contributed by atoms with Crippen molar-refractivity contribution in [1.29, 1.82) is 0 Å². The van der Waals surface area contributed by atoms with Gasteiger partial charge >= 0.3 is 0 Å². The molecule has 4 nitrogen and oxygen atoms in total. The van der Waals surface area contributed by atoms with Gasteiger partial charge in [0.2, 0.25) is 0 Å². The molecule has 1 atom stereocenters. The molecule has 94 valence electrons. The summed E-state index contributed by atoms with van der Waals surface area (Å²) >= 11 is 0. The van der Waals surface area contributed by atoms with E-state index >= 15 is 0 Å². The summed E-state index contributed by atoms with van der Waals surface area (Å²) in [5.74, 6) is 0.322. The third-order valence-corrected chi connectivity index (χ3v) is 2.76. The monoisotopic (exact) mass is 245 g/mol. The second-order valence-corrected chi connectivity index (χ2v) is 4.04. The summed E-state index contributed by atoms with van der Waals surface area (Å²) in [4.78, 5) is 12.1. The summed E-state index contributed by atoms with van der Waals surface area (Å²) in [6.07, 6.45) is 1.51. The minimum Gasteiger partial charge on any atom is -0.467 e. The number of hydrogen-bond donors (Lipinski definition) is 2. The van der Waals surface area contributed by atoms with Crippen molar-refractivity contribution in [2.45, 2.75) is 13.0 Å². The Morgan fingerprint density at radius 1 is 1.33 bits per heavy atom. The van der Waals surface area contributed by atoms with Crippen LogP contribution >= 0.6 is 0 Å². The van der Waals surface area contributed by atoms with E-state index in [0.29, 0.717) is 11.3 Å². The van der Waals surface area contributed by atoms with Gasteiger partial charge in [0.15, 0.2) is 0 Å². The molecule has 0 aliphatic rings. The topological polar surface area (TPSA) is 62.5 Å². The molecule has 0 aliphatic heterocycles. The maximum absolute atomic E-state index is 12.1. The number of carbonyl (C=O) groups is 1. The van der Waals surface area contributed by atoms with Crippen LogP contribution in [0.3, 0.4) is 0 Å². The van der Waals surface area contributed by atoms with Crippen molar-refractivity contribution in [1.82, 2.24) is 5.32 Å². The summed E-state index contributed by atoms with van der Waals surface area (Å²) in [7, 11) is 0. The van der Waals surface area contributed by atoms with Crippen LogP contribution in [0.1, 0.15) is 27.7 Å². The van der Waals surface area contributed by atoms with Gasteiger partial charge in [-0.1, -0.05) is 18.2 Å². The zero-order chi connectivity index (χ0) is 13.0. The second kappa shape index (κ2) is 5.51. The van der Waals surface area contributed by atoms with Crippen molar-refractivity contribution in [3.05, 3.63) is 59.5 Å². The van der Waals surface area contributed by atoms with E-state index in [2.05, 4.69) is 5.32 Å². The molecule has 1 unspecified atom stereocenters. The van der Waals surface area contributed by atoms with Crippen molar-refractivity contribution in [2.75, 3.05) is 6.61 Å². The predicted molar refractivity (Wildman–Crippen MR) is 67.2 cm³/mol. The lowest BCUT2D eigenvalue weighted by Crippen LogP contribution is -2.30. The average Bonchev–Trinajstić information content (AvgIpc) is 2.90. The number of aryl methyl sites for hydroxylation is 1. The van der Waals surface area contributed by atoms with Gasteiger partial charge in [0, 0.05) is 5.56 Å². The Bertz CT molecular complexity index is 520. The summed E-state index contributed by atoms with van der Waals surface area (Å²) in [6, 6.07) is 10.2. The number of furan rings is 1. The van der Waals surface area contributed by atoms with Gasteiger partial charge in [-0.2, -0.15) is 0 Å². The first-order valence-electron chi connectivity index (χ1n) is 5.73. The number of amides is 1. The molecule has 1 amide bonds. The van der Waals surface area contributed by atoms with Gasteiger partial charge in [-0.3, -0.25) is 4.79 Å². The molecule has 0 saturated heterocycles. The Balaban J connectivity index is 2.14. The van der Waals surface area contributed by atoms with Gasteiger partial charge in [0.25, 0.3) is 5.91 Å². The first kappa shape index (κ1) is 12.4. The normalized spacial score (nSPS) is 12.1. The summed E-state index contributed by atoms with van der Waals surface area (Å²) in [6.45, 7) is 1.67. The zero-order valence-corrected chi connectivity index (χ0v) is 10.1. The molecule has 0 bridgehead atoms. The van der Waals surface area contributed by atoms with Crippen molar-refractivity contribution >= 4 is 5.91 Å². The number of aliphatic hydroxyl groups is 1. The van der Waals surface area contributed by atoms with Gasteiger partial charge in [0.1, 0.15) is 11.8 Å². The second-order valence-electron chi connectivity index (χ2n) is 4.04. The van der Waals surface area contributed by atoms with E-state index < -0.39 is 6.04 Å². The van der Waals surface area contributed by atoms with Crippen LogP contribution in [-0.2, 0) is 0 Å². The number of aliphatic hydroxyl groups excluding tert-OH is 1.